The zero-order chi connectivity index (χ0) is 21.0. The molecule has 154 valence electrons. The second kappa shape index (κ2) is 8.94. The molecular formula is C22H26N2O5. The number of ether oxygens (including phenoxy) is 2. The number of aromatic amines is 1. The molecule has 2 aromatic rings. The molecule has 0 radical (unpaired) electrons. The molecule has 0 saturated carbocycles. The van der Waals surface area contributed by atoms with Gasteiger partial charge in [0.15, 0.2) is 6.61 Å². The van der Waals surface area contributed by atoms with Gasteiger partial charge in [0.1, 0.15) is 5.69 Å². The van der Waals surface area contributed by atoms with Crippen LogP contribution in [0.5, 0.6) is 0 Å². The van der Waals surface area contributed by atoms with E-state index in [9.17, 15) is 14.4 Å². The number of esters is 2. The molecule has 1 aliphatic carbocycles. The number of benzene rings is 1. The van der Waals surface area contributed by atoms with Gasteiger partial charge in [-0.3, -0.25) is 4.79 Å². The molecule has 1 atom stereocenters. The highest BCUT2D eigenvalue weighted by Gasteiger charge is 2.25. The first kappa shape index (κ1) is 20.6. The van der Waals surface area contributed by atoms with Crippen LogP contribution in [-0.2, 0) is 20.7 Å². The van der Waals surface area contributed by atoms with E-state index in [1.807, 2.05) is 18.2 Å². The Morgan fingerprint density at radius 1 is 1.14 bits per heavy atom. The number of aryl methyl sites for hydroxylation is 2. The van der Waals surface area contributed by atoms with Crippen molar-refractivity contribution in [3.8, 4) is 0 Å². The molecule has 0 spiro atoms. The Morgan fingerprint density at radius 3 is 2.66 bits per heavy atom. The summed E-state index contributed by atoms with van der Waals surface area (Å²) in [5.41, 5.74) is 3.81. The van der Waals surface area contributed by atoms with Gasteiger partial charge < -0.3 is 19.8 Å². The Hall–Kier alpha value is -3.09. The first-order chi connectivity index (χ1) is 13.9. The average molecular weight is 398 g/mol. The summed E-state index contributed by atoms with van der Waals surface area (Å²) in [4.78, 5) is 39.7. The van der Waals surface area contributed by atoms with Crippen LogP contribution in [0.4, 0.5) is 0 Å². The normalized spacial score (nSPS) is 15.3. The van der Waals surface area contributed by atoms with Crippen molar-refractivity contribution >= 4 is 17.8 Å². The van der Waals surface area contributed by atoms with Crippen molar-refractivity contribution in [3.63, 3.8) is 0 Å². The van der Waals surface area contributed by atoms with Crippen molar-refractivity contribution in [1.82, 2.24) is 10.3 Å². The molecule has 1 aromatic heterocycles. The van der Waals surface area contributed by atoms with Crippen LogP contribution >= 0.6 is 0 Å². The minimum Gasteiger partial charge on any atom is -0.462 e. The molecule has 1 amide bonds. The summed E-state index contributed by atoms with van der Waals surface area (Å²) >= 11 is 0. The SMILES string of the molecule is CCOC(=O)c1c(C)[nH]c(C(=O)OCC(=O)N[C@@H]2CCCc3ccccc32)c1C. The summed E-state index contributed by atoms with van der Waals surface area (Å²) in [5.74, 6) is -1.53. The van der Waals surface area contributed by atoms with Crippen molar-refractivity contribution in [2.45, 2.75) is 46.1 Å². The van der Waals surface area contributed by atoms with Gasteiger partial charge in [-0.05, 0) is 56.7 Å². The molecule has 1 aliphatic rings. The van der Waals surface area contributed by atoms with E-state index >= 15 is 0 Å². The fourth-order valence-electron chi connectivity index (χ4n) is 3.81. The molecule has 2 N–H and O–H groups in total. The Kier molecular flexibility index (Phi) is 6.36. The quantitative estimate of drug-likeness (QED) is 0.729. The Balaban J connectivity index is 1.61. The van der Waals surface area contributed by atoms with E-state index in [-0.39, 0.29) is 30.9 Å². The lowest BCUT2D eigenvalue weighted by Crippen LogP contribution is -2.34. The van der Waals surface area contributed by atoms with Crippen LogP contribution in [0.15, 0.2) is 24.3 Å². The zero-order valence-corrected chi connectivity index (χ0v) is 17.0. The topological polar surface area (TPSA) is 97.5 Å². The summed E-state index contributed by atoms with van der Waals surface area (Å²) in [6.45, 7) is 4.90. The monoisotopic (exact) mass is 398 g/mol. The average Bonchev–Trinajstić information content (AvgIpc) is 3.01. The molecule has 3 rings (SSSR count). The van der Waals surface area contributed by atoms with E-state index < -0.39 is 11.9 Å². The van der Waals surface area contributed by atoms with Crippen LogP contribution < -0.4 is 5.32 Å². The number of nitrogens with one attached hydrogen (secondary N) is 2. The predicted molar refractivity (Wildman–Crippen MR) is 107 cm³/mol. The van der Waals surface area contributed by atoms with Crippen molar-refractivity contribution in [3.05, 3.63) is 57.9 Å². The third-order valence-corrected chi connectivity index (χ3v) is 5.16. The number of carbonyl (C=O) groups is 3. The van der Waals surface area contributed by atoms with Crippen LogP contribution in [0, 0.1) is 13.8 Å². The maximum absolute atomic E-state index is 12.4. The third-order valence-electron chi connectivity index (χ3n) is 5.16. The lowest BCUT2D eigenvalue weighted by atomic mass is 9.88. The first-order valence-corrected chi connectivity index (χ1v) is 9.83. The van der Waals surface area contributed by atoms with Crippen molar-refractivity contribution in [1.29, 1.82) is 0 Å². The number of hydrogen-bond donors (Lipinski definition) is 2. The summed E-state index contributed by atoms with van der Waals surface area (Å²) in [7, 11) is 0. The molecule has 0 saturated heterocycles. The van der Waals surface area contributed by atoms with Crippen LogP contribution in [0.1, 0.15) is 69.0 Å². The predicted octanol–water partition coefficient (Wildman–Crippen LogP) is 3.16. The van der Waals surface area contributed by atoms with Crippen LogP contribution in [0.25, 0.3) is 0 Å². The maximum Gasteiger partial charge on any atom is 0.355 e. The Morgan fingerprint density at radius 2 is 1.90 bits per heavy atom. The first-order valence-electron chi connectivity index (χ1n) is 9.83. The Labute approximate surface area is 169 Å². The highest BCUT2D eigenvalue weighted by atomic mass is 16.5. The van der Waals surface area contributed by atoms with Gasteiger partial charge in [0.2, 0.25) is 0 Å². The molecular weight excluding hydrogens is 372 g/mol. The molecule has 7 heteroatoms. The highest BCUT2D eigenvalue weighted by molar-refractivity contribution is 5.99. The van der Waals surface area contributed by atoms with Gasteiger partial charge in [0.05, 0.1) is 18.2 Å². The summed E-state index contributed by atoms with van der Waals surface area (Å²) in [5, 5.41) is 2.95. The molecule has 0 bridgehead atoms. The minimum absolute atomic E-state index is 0.0731. The van der Waals surface area contributed by atoms with Crippen LogP contribution in [-0.4, -0.2) is 36.0 Å². The van der Waals surface area contributed by atoms with Gasteiger partial charge in [-0.15, -0.1) is 0 Å². The van der Waals surface area contributed by atoms with Crippen LogP contribution in [0.2, 0.25) is 0 Å². The summed E-state index contributed by atoms with van der Waals surface area (Å²) in [6, 6.07) is 7.98. The molecule has 0 unspecified atom stereocenters. The lowest BCUT2D eigenvalue weighted by molar-refractivity contribution is -0.125. The van der Waals surface area contributed by atoms with Crippen molar-refractivity contribution in [2.24, 2.45) is 0 Å². The minimum atomic E-state index is -0.680. The maximum atomic E-state index is 12.4. The number of amides is 1. The number of carbonyl (C=O) groups excluding carboxylic acids is 3. The highest BCUT2D eigenvalue weighted by Crippen LogP contribution is 2.29. The fourth-order valence-corrected chi connectivity index (χ4v) is 3.81. The molecule has 7 nitrogen and oxygen atoms in total. The van der Waals surface area contributed by atoms with Crippen LogP contribution in [0.3, 0.4) is 0 Å². The van der Waals surface area contributed by atoms with E-state index in [1.165, 1.54) is 5.56 Å². The second-order valence-electron chi connectivity index (χ2n) is 7.13. The number of hydrogen-bond acceptors (Lipinski definition) is 5. The third kappa shape index (κ3) is 4.50. The number of fused-ring (bicyclic) bond motifs is 1. The number of H-pyrrole nitrogens is 1. The van der Waals surface area contributed by atoms with Gasteiger partial charge in [-0.1, -0.05) is 24.3 Å². The van der Waals surface area contributed by atoms with Crippen molar-refractivity contribution < 1.29 is 23.9 Å². The number of rotatable bonds is 6. The molecule has 0 aliphatic heterocycles. The lowest BCUT2D eigenvalue weighted by Gasteiger charge is -2.26. The van der Waals surface area contributed by atoms with Gasteiger partial charge in [-0.2, -0.15) is 0 Å². The number of aromatic nitrogens is 1. The van der Waals surface area contributed by atoms with Crippen molar-refractivity contribution in [2.75, 3.05) is 13.2 Å². The smallest absolute Gasteiger partial charge is 0.355 e. The standard InChI is InChI=1S/C22H26N2O5/c1-4-28-21(26)19-13(2)20(23-14(19)3)22(27)29-12-18(25)24-17-11-7-9-15-8-5-6-10-16(15)17/h5-6,8,10,17,23H,4,7,9,11-12H2,1-3H3,(H,24,25)/t17-/m1/s1. The largest absolute Gasteiger partial charge is 0.462 e. The van der Waals surface area contributed by atoms with Gasteiger partial charge in [-0.25, -0.2) is 9.59 Å². The summed E-state index contributed by atoms with van der Waals surface area (Å²) < 4.78 is 10.2. The fraction of sp³-hybridized carbons (Fsp3) is 0.409. The Bertz CT molecular complexity index is 931. The van der Waals surface area contributed by atoms with Gasteiger partial charge in [0, 0.05) is 5.69 Å². The molecule has 29 heavy (non-hydrogen) atoms. The summed E-state index contributed by atoms with van der Waals surface area (Å²) in [6.07, 6.45) is 2.86. The van der Waals surface area contributed by atoms with E-state index in [2.05, 4.69) is 16.4 Å². The van der Waals surface area contributed by atoms with Gasteiger partial charge in [0.25, 0.3) is 5.91 Å². The van der Waals surface area contributed by atoms with E-state index in [1.54, 1.807) is 20.8 Å². The second-order valence-corrected chi connectivity index (χ2v) is 7.13. The molecule has 0 fully saturated rings. The van der Waals surface area contributed by atoms with E-state index in [0.29, 0.717) is 16.8 Å². The molecule has 1 heterocycles. The molecule has 1 aromatic carbocycles. The van der Waals surface area contributed by atoms with E-state index in [0.717, 1.165) is 24.8 Å². The zero-order valence-electron chi connectivity index (χ0n) is 17.0. The van der Waals surface area contributed by atoms with E-state index in [4.69, 9.17) is 9.47 Å². The van der Waals surface area contributed by atoms with Gasteiger partial charge >= 0.3 is 11.9 Å².